The monoisotopic (exact) mass is 1620 g/mol. The number of pyridine rings is 3. The molecule has 0 fully saturated rings. The minimum atomic E-state index is -2.44. The van der Waals surface area contributed by atoms with Crippen molar-refractivity contribution in [3.63, 3.8) is 0 Å². The first-order valence-electron chi connectivity index (χ1n) is 33.3. The zero-order valence-electron chi connectivity index (χ0n) is 58.4. The molecule has 11 heterocycles. The first-order valence-corrected chi connectivity index (χ1v) is 43.2. The fraction of sp³-hybridized carbons (Fsp3) is 0.449. The Hall–Kier alpha value is -7.34. The molecule has 0 bridgehead atoms. The Morgan fingerprint density at radius 1 is 0.495 bits per heavy atom. The number of ether oxygens (including phenoxy) is 2. The van der Waals surface area contributed by atoms with E-state index in [1.165, 1.54) is 55.4 Å². The maximum atomic E-state index is 5.86. The molecule has 11 aromatic rings. The third kappa shape index (κ3) is 21.1. The van der Waals surface area contributed by atoms with Crippen molar-refractivity contribution >= 4 is 114 Å². The van der Waals surface area contributed by atoms with Gasteiger partial charge < -0.3 is 21.1 Å². The molecule has 28 heteroatoms. The summed E-state index contributed by atoms with van der Waals surface area (Å²) in [6.45, 7) is 32.1. The summed E-state index contributed by atoms with van der Waals surface area (Å²) in [6.07, 6.45) is 21.8. The molecule has 97 heavy (non-hydrogen) atoms. The van der Waals surface area contributed by atoms with Crippen LogP contribution in [0.2, 0.25) is 13.3 Å². The van der Waals surface area contributed by atoms with Gasteiger partial charge in [-0.2, -0.15) is 20.4 Å². The van der Waals surface area contributed by atoms with E-state index in [-0.39, 0.29) is 12.1 Å². The molecule has 0 aliphatic rings. The third-order valence-corrected chi connectivity index (χ3v) is 32.5. The molecule has 0 radical (unpaired) electrons. The van der Waals surface area contributed by atoms with Crippen molar-refractivity contribution in [2.75, 3.05) is 23.8 Å². The molecule has 0 spiro atoms. The van der Waals surface area contributed by atoms with E-state index in [1.807, 2.05) is 85.2 Å². The second-order valence-electron chi connectivity index (χ2n) is 23.8. The largest absolute Gasteiger partial charge is 0.476 e. The number of nitrogens with one attached hydrogen (secondary N) is 2. The second-order valence-corrected chi connectivity index (χ2v) is 39.4. The number of aromatic nitrogens is 19. The SMILES string of the molecule is CCC[CH2][Sn]([CH2]CCC)([CH2]CCC)[c]1ccnnc1OCC.CCOc1nnccc1-c1cc(NCc2ncccn2)c2c(n1)c(C)nn2C(C)C.Cc1nn(C(C)C)c2c(Br)cc(Br)nc12.Cc1nn(C(C)C)c2c(NCc3ncccn3)cc(Br)nc12.NCc1ncccn1. The van der Waals surface area contributed by atoms with Gasteiger partial charge in [-0.1, -0.05) is 0 Å². The summed E-state index contributed by atoms with van der Waals surface area (Å²) in [5.74, 6) is 3.45. The number of unbranched alkanes of at least 4 members (excludes halogenated alkanes) is 3. The fourth-order valence-corrected chi connectivity index (χ4v) is 28.8. The predicted octanol–water partition coefficient (Wildman–Crippen LogP) is 15.8. The summed E-state index contributed by atoms with van der Waals surface area (Å²) < 4.78 is 26.0. The number of anilines is 2. The average Bonchev–Trinajstić information content (AvgIpc) is 1.77. The van der Waals surface area contributed by atoms with Crippen LogP contribution >= 0.6 is 47.8 Å². The quantitative estimate of drug-likeness (QED) is 0.0354. The van der Waals surface area contributed by atoms with Gasteiger partial charge in [0.1, 0.15) is 59.8 Å². The number of rotatable bonds is 25. The van der Waals surface area contributed by atoms with Crippen LogP contribution in [0, 0.1) is 20.8 Å². The molecule has 516 valence electrons. The van der Waals surface area contributed by atoms with Gasteiger partial charge in [0.2, 0.25) is 5.88 Å². The van der Waals surface area contributed by atoms with Gasteiger partial charge in [0.15, 0.2) is 0 Å². The molecule has 0 aliphatic heterocycles. The number of hydrogen-bond acceptors (Lipinski definition) is 21. The van der Waals surface area contributed by atoms with E-state index in [2.05, 4.69) is 197 Å². The van der Waals surface area contributed by atoms with Crippen molar-refractivity contribution in [2.24, 2.45) is 5.73 Å². The normalized spacial score (nSPS) is 11.2. The topological polar surface area (TPSA) is 290 Å². The van der Waals surface area contributed by atoms with Gasteiger partial charge >= 0.3 is 141 Å². The Morgan fingerprint density at radius 2 is 0.897 bits per heavy atom. The van der Waals surface area contributed by atoms with Gasteiger partial charge in [-0.25, -0.2) is 44.9 Å². The Balaban J connectivity index is 0.000000179. The van der Waals surface area contributed by atoms with Crippen molar-refractivity contribution < 1.29 is 9.47 Å². The predicted molar refractivity (Wildman–Crippen MR) is 400 cm³/mol. The van der Waals surface area contributed by atoms with Crippen LogP contribution in [0.15, 0.2) is 112 Å². The second kappa shape index (κ2) is 38.7. The van der Waals surface area contributed by atoms with Gasteiger partial charge in [-0.15, -0.1) is 5.10 Å². The van der Waals surface area contributed by atoms with Gasteiger partial charge in [0, 0.05) is 59.8 Å². The molecule has 0 saturated heterocycles. The van der Waals surface area contributed by atoms with Gasteiger partial charge in [-0.05, 0) is 159 Å². The van der Waals surface area contributed by atoms with E-state index in [9.17, 15) is 0 Å². The number of fused-ring (bicyclic) bond motifs is 3. The molecule has 24 nitrogen and oxygen atoms in total. The van der Waals surface area contributed by atoms with E-state index in [4.69, 9.17) is 25.3 Å². The molecular weight excluding hydrogens is 1530 g/mol. The summed E-state index contributed by atoms with van der Waals surface area (Å²) in [5, 5.41) is 37.2. The number of nitrogens with two attached hydrogens (primary N) is 1. The Morgan fingerprint density at radius 3 is 1.34 bits per heavy atom. The maximum Gasteiger partial charge on any atom is 0.242 e. The zero-order chi connectivity index (χ0) is 70.0. The van der Waals surface area contributed by atoms with Crippen LogP contribution < -0.4 is 29.4 Å². The first kappa shape index (κ1) is 77.0. The molecule has 0 unspecified atom stereocenters. The number of aryl methyl sites for hydroxylation is 3. The van der Waals surface area contributed by atoms with Gasteiger partial charge in [0.05, 0.1) is 72.2 Å². The zero-order valence-corrected chi connectivity index (χ0v) is 66.0. The summed E-state index contributed by atoms with van der Waals surface area (Å²) in [5.41, 5.74) is 17.1. The molecule has 0 amide bonds. The molecule has 0 aromatic carbocycles. The van der Waals surface area contributed by atoms with Crippen LogP contribution in [0.1, 0.15) is 167 Å². The summed E-state index contributed by atoms with van der Waals surface area (Å²) in [7, 11) is 0. The van der Waals surface area contributed by atoms with Crippen molar-refractivity contribution in [3.8, 4) is 23.0 Å². The van der Waals surface area contributed by atoms with E-state index in [0.29, 0.717) is 56.4 Å². The Bertz CT molecular complexity index is 4180. The van der Waals surface area contributed by atoms with Crippen LogP contribution in [0.4, 0.5) is 11.4 Å². The van der Waals surface area contributed by atoms with Crippen LogP contribution in [0.25, 0.3) is 44.4 Å². The van der Waals surface area contributed by atoms with Crippen molar-refractivity contribution in [2.45, 2.75) is 187 Å². The summed E-state index contributed by atoms with van der Waals surface area (Å²) >= 11 is 7.96. The third-order valence-electron chi connectivity index (χ3n) is 15.5. The van der Waals surface area contributed by atoms with Crippen LogP contribution in [-0.2, 0) is 19.6 Å². The van der Waals surface area contributed by atoms with Crippen LogP contribution in [0.3, 0.4) is 0 Å². The molecule has 0 atom stereocenters. The number of hydrogen-bond donors (Lipinski definition) is 3. The Labute approximate surface area is 599 Å². The van der Waals surface area contributed by atoms with Crippen molar-refractivity contribution in [1.29, 1.82) is 0 Å². The molecule has 4 N–H and O–H groups in total. The summed E-state index contributed by atoms with van der Waals surface area (Å²) in [4.78, 5) is 38.7. The smallest absolute Gasteiger partial charge is 0.242 e. The van der Waals surface area contributed by atoms with Gasteiger partial charge in [0.25, 0.3) is 0 Å². The standard InChI is InChI=1S/C21H24N8O.C15H17BrN6.C10H11Br2N3.C6H7N2O.C5H7N3.3C4H9.Sn/c1-5-30-21-15(7-10-25-27-21)16-11-17(24-12-18-22-8-6-9-23-18)20-19(26-16)14(4)28-29(20)13(2)3;1-9(2)22-15-11(19-8-13-17-5-4-6-18-13)7-12(16)20-14(15)10(3)21-22;1-5(2)15-10-7(11)4-8(12)13-9(10)6(3)14-15;1-2-9-6-4-3-5-7-8-6;6-4-5-7-2-1-3-8-5;3*1-3-4-2;/h6-11,13H,5,12H2,1-4H3,(H,24,26);4-7,9H,8H2,1-3H3,(H,19,20);4-5H,1-3H3;3,5H,2H2,1H3;1-3H,4,6H2;3*1,3-4H2,2H3;. The van der Waals surface area contributed by atoms with Crippen molar-refractivity contribution in [3.05, 3.63) is 146 Å². The molecule has 0 aliphatic carbocycles. The number of nitrogens with zero attached hydrogens (tertiary/aromatic N) is 19. The first-order chi connectivity index (χ1) is 46.8. The molecule has 0 saturated carbocycles. The number of halogens is 3. The van der Waals surface area contributed by atoms with E-state index in [0.717, 1.165) is 98.2 Å². The Kier molecular flexibility index (Phi) is 30.7. The minimum absolute atomic E-state index is 0.184. The van der Waals surface area contributed by atoms with Crippen LogP contribution in [0.5, 0.6) is 11.8 Å². The molecule has 11 rings (SSSR count). The van der Waals surface area contributed by atoms with E-state index < -0.39 is 18.4 Å². The van der Waals surface area contributed by atoms with E-state index >= 15 is 0 Å². The van der Waals surface area contributed by atoms with Gasteiger partial charge in [-0.3, -0.25) is 14.0 Å². The average molecular weight is 1620 g/mol. The molecule has 11 aromatic heterocycles. The van der Waals surface area contributed by atoms with E-state index in [1.54, 1.807) is 55.5 Å². The fourth-order valence-electron chi connectivity index (χ4n) is 10.9. The van der Waals surface area contributed by atoms with Crippen molar-refractivity contribution in [1.82, 2.24) is 94.6 Å². The molecular formula is C69H93Br3N22O2Sn. The minimum Gasteiger partial charge on any atom is -0.476 e. The van der Waals surface area contributed by atoms with Crippen LogP contribution in [-0.4, -0.2) is 126 Å². The maximum absolute atomic E-state index is 5.86. The summed E-state index contributed by atoms with van der Waals surface area (Å²) in [6, 6.07) is 16.2.